The molecule has 0 aromatic rings. The summed E-state index contributed by atoms with van der Waals surface area (Å²) in [5.74, 6) is -0.280. The molecule has 2 N–H and O–H groups in total. The molecule has 0 bridgehead atoms. The standard InChI is InChI=1S/C7H14O4S/c1-2-7(8,12(9,10)11)6-4-3-5-6/h6,8H,2-5H2,1H3,(H,9,10,11). The molecule has 72 valence electrons. The highest BCUT2D eigenvalue weighted by Gasteiger charge is 2.48. The summed E-state index contributed by atoms with van der Waals surface area (Å²) in [5.41, 5.74) is 0. The molecular formula is C7H14O4S. The maximum atomic E-state index is 10.8. The molecule has 0 spiro atoms. The van der Waals surface area contributed by atoms with Crippen LogP contribution in [0.15, 0.2) is 0 Å². The molecule has 1 aliphatic rings. The monoisotopic (exact) mass is 194 g/mol. The smallest absolute Gasteiger partial charge is 0.295 e. The van der Waals surface area contributed by atoms with Crippen molar-refractivity contribution in [3.63, 3.8) is 0 Å². The predicted octanol–water partition coefficient (Wildman–Crippen LogP) is 0.773. The molecule has 0 aromatic heterocycles. The zero-order chi connectivity index (χ0) is 9.41. The third-order valence-corrected chi connectivity index (χ3v) is 4.21. The molecule has 0 aromatic carbocycles. The van der Waals surface area contributed by atoms with Crippen molar-refractivity contribution in [1.29, 1.82) is 0 Å². The largest absolute Gasteiger partial charge is 0.372 e. The summed E-state index contributed by atoms with van der Waals surface area (Å²) in [6.45, 7) is 1.56. The van der Waals surface area contributed by atoms with E-state index in [1.54, 1.807) is 6.92 Å². The Labute approximate surface area is 72.3 Å². The van der Waals surface area contributed by atoms with Crippen molar-refractivity contribution in [3.8, 4) is 0 Å². The van der Waals surface area contributed by atoms with E-state index in [1.165, 1.54) is 0 Å². The maximum absolute atomic E-state index is 10.8. The lowest BCUT2D eigenvalue weighted by molar-refractivity contribution is 0.0111. The Morgan fingerprint density at radius 3 is 2.08 bits per heavy atom. The van der Waals surface area contributed by atoms with E-state index in [0.717, 1.165) is 6.42 Å². The molecule has 12 heavy (non-hydrogen) atoms. The summed E-state index contributed by atoms with van der Waals surface area (Å²) in [6.07, 6.45) is 2.35. The van der Waals surface area contributed by atoms with Gasteiger partial charge in [-0.25, -0.2) is 0 Å². The third kappa shape index (κ3) is 1.36. The van der Waals surface area contributed by atoms with Gasteiger partial charge in [-0.15, -0.1) is 0 Å². The first-order chi connectivity index (χ1) is 5.42. The van der Waals surface area contributed by atoms with Gasteiger partial charge >= 0.3 is 0 Å². The van der Waals surface area contributed by atoms with E-state index in [1.807, 2.05) is 0 Å². The average Bonchev–Trinajstić information content (AvgIpc) is 1.81. The van der Waals surface area contributed by atoms with Gasteiger partial charge in [-0.05, 0) is 19.3 Å². The van der Waals surface area contributed by atoms with Gasteiger partial charge < -0.3 is 5.11 Å². The summed E-state index contributed by atoms with van der Waals surface area (Å²) in [7, 11) is -4.32. The lowest BCUT2D eigenvalue weighted by Gasteiger charge is -2.38. The van der Waals surface area contributed by atoms with Crippen molar-refractivity contribution < 1.29 is 18.1 Å². The predicted molar refractivity (Wildman–Crippen MR) is 44.1 cm³/mol. The van der Waals surface area contributed by atoms with E-state index < -0.39 is 15.1 Å². The van der Waals surface area contributed by atoms with Gasteiger partial charge in [0.2, 0.25) is 0 Å². The molecule has 1 rings (SSSR count). The highest BCUT2D eigenvalue weighted by Crippen LogP contribution is 2.40. The normalized spacial score (nSPS) is 24.6. The summed E-state index contributed by atoms with van der Waals surface area (Å²) in [6, 6.07) is 0. The van der Waals surface area contributed by atoms with E-state index >= 15 is 0 Å². The van der Waals surface area contributed by atoms with Crippen molar-refractivity contribution in [2.24, 2.45) is 5.92 Å². The van der Waals surface area contributed by atoms with E-state index in [2.05, 4.69) is 0 Å². The zero-order valence-electron chi connectivity index (χ0n) is 7.02. The number of hydrogen-bond acceptors (Lipinski definition) is 3. The van der Waals surface area contributed by atoms with Crippen LogP contribution in [0.5, 0.6) is 0 Å². The molecular weight excluding hydrogens is 180 g/mol. The van der Waals surface area contributed by atoms with Crippen molar-refractivity contribution >= 4 is 10.1 Å². The summed E-state index contributed by atoms with van der Waals surface area (Å²) in [5, 5.41) is 9.64. The Morgan fingerprint density at radius 1 is 1.50 bits per heavy atom. The van der Waals surface area contributed by atoms with Gasteiger partial charge in [-0.3, -0.25) is 4.55 Å². The van der Waals surface area contributed by atoms with Crippen LogP contribution < -0.4 is 0 Å². The van der Waals surface area contributed by atoms with Gasteiger partial charge in [0.25, 0.3) is 10.1 Å². The molecule has 0 aliphatic heterocycles. The topological polar surface area (TPSA) is 74.6 Å². The van der Waals surface area contributed by atoms with Crippen LogP contribution in [-0.2, 0) is 10.1 Å². The Morgan fingerprint density at radius 2 is 2.00 bits per heavy atom. The first kappa shape index (κ1) is 9.95. The molecule has 0 heterocycles. The van der Waals surface area contributed by atoms with E-state index in [-0.39, 0.29) is 12.3 Å². The van der Waals surface area contributed by atoms with Crippen LogP contribution in [0, 0.1) is 5.92 Å². The Balaban J connectivity index is 2.88. The maximum Gasteiger partial charge on any atom is 0.295 e. The van der Waals surface area contributed by atoms with Crippen LogP contribution >= 0.6 is 0 Å². The highest BCUT2D eigenvalue weighted by molar-refractivity contribution is 7.87. The molecule has 0 amide bonds. The van der Waals surface area contributed by atoms with Gasteiger partial charge in [-0.1, -0.05) is 13.3 Å². The molecule has 1 unspecified atom stereocenters. The van der Waals surface area contributed by atoms with Gasteiger partial charge in [0.15, 0.2) is 4.93 Å². The van der Waals surface area contributed by atoms with Crippen LogP contribution in [0.4, 0.5) is 0 Å². The summed E-state index contributed by atoms with van der Waals surface area (Å²) >= 11 is 0. The van der Waals surface area contributed by atoms with Crippen LogP contribution in [0.1, 0.15) is 32.6 Å². The second kappa shape index (κ2) is 2.97. The molecule has 1 aliphatic carbocycles. The molecule has 1 atom stereocenters. The minimum atomic E-state index is -4.32. The number of aliphatic hydroxyl groups is 1. The molecule has 1 saturated carbocycles. The molecule has 0 saturated heterocycles. The summed E-state index contributed by atoms with van der Waals surface area (Å²) in [4.78, 5) is -1.90. The molecule has 1 fully saturated rings. The van der Waals surface area contributed by atoms with Gasteiger partial charge in [0, 0.05) is 5.92 Å². The Bertz CT molecular complexity index is 255. The van der Waals surface area contributed by atoms with Crippen molar-refractivity contribution in [2.75, 3.05) is 0 Å². The van der Waals surface area contributed by atoms with Crippen molar-refractivity contribution in [2.45, 2.75) is 37.5 Å². The van der Waals surface area contributed by atoms with E-state index in [0.29, 0.717) is 12.8 Å². The lowest BCUT2D eigenvalue weighted by atomic mass is 9.80. The minimum Gasteiger partial charge on any atom is -0.372 e. The van der Waals surface area contributed by atoms with Gasteiger partial charge in [0.05, 0.1) is 0 Å². The second-order valence-electron chi connectivity index (χ2n) is 3.30. The quantitative estimate of drug-likeness (QED) is 0.651. The number of hydrogen-bond donors (Lipinski definition) is 2. The average molecular weight is 194 g/mol. The van der Waals surface area contributed by atoms with Gasteiger partial charge in [0.1, 0.15) is 0 Å². The second-order valence-corrected chi connectivity index (χ2v) is 4.96. The minimum absolute atomic E-state index is 0.0521. The fourth-order valence-electron chi connectivity index (χ4n) is 1.54. The lowest BCUT2D eigenvalue weighted by Crippen LogP contribution is -2.47. The molecule has 4 nitrogen and oxygen atoms in total. The van der Waals surface area contributed by atoms with Crippen LogP contribution in [0.25, 0.3) is 0 Å². The fourth-order valence-corrected chi connectivity index (χ4v) is 2.56. The van der Waals surface area contributed by atoms with Crippen LogP contribution in [0.2, 0.25) is 0 Å². The van der Waals surface area contributed by atoms with E-state index in [4.69, 9.17) is 4.55 Å². The van der Waals surface area contributed by atoms with Crippen molar-refractivity contribution in [3.05, 3.63) is 0 Å². The van der Waals surface area contributed by atoms with Gasteiger partial charge in [-0.2, -0.15) is 8.42 Å². The first-order valence-corrected chi connectivity index (χ1v) is 5.55. The zero-order valence-corrected chi connectivity index (χ0v) is 7.84. The number of rotatable bonds is 3. The van der Waals surface area contributed by atoms with E-state index in [9.17, 15) is 13.5 Å². The third-order valence-electron chi connectivity index (χ3n) is 2.70. The molecule has 0 radical (unpaired) electrons. The van der Waals surface area contributed by atoms with Crippen LogP contribution in [0.3, 0.4) is 0 Å². The van der Waals surface area contributed by atoms with Crippen molar-refractivity contribution in [1.82, 2.24) is 0 Å². The Kier molecular flexibility index (Phi) is 2.47. The van der Waals surface area contributed by atoms with Crippen LogP contribution in [-0.4, -0.2) is 23.0 Å². The highest BCUT2D eigenvalue weighted by atomic mass is 32.2. The Hall–Kier alpha value is -0.130. The SMILES string of the molecule is CCC(O)(C1CCC1)S(=O)(=O)O. The fraction of sp³-hybridized carbons (Fsp3) is 1.00. The molecule has 5 heteroatoms. The first-order valence-electron chi connectivity index (χ1n) is 4.11. The summed E-state index contributed by atoms with van der Waals surface area (Å²) < 4.78 is 30.4.